The Kier molecular flexibility index (Phi) is 4.84. The minimum absolute atomic E-state index is 0.522. The lowest BCUT2D eigenvalue weighted by Gasteiger charge is -2.21. The molecular formula is C9H18OS2. The lowest BCUT2D eigenvalue weighted by atomic mass is 10.2. The molecule has 0 unspecified atom stereocenters. The Labute approximate surface area is 84.0 Å². The van der Waals surface area contributed by atoms with Gasteiger partial charge < -0.3 is 4.74 Å². The summed E-state index contributed by atoms with van der Waals surface area (Å²) in [5.74, 6) is 2.68. The lowest BCUT2D eigenvalue weighted by molar-refractivity contribution is 0.192. The normalized spacial score (nSPS) is 21.5. The molecule has 3 heteroatoms. The first-order valence-electron chi connectivity index (χ1n) is 4.54. The maximum absolute atomic E-state index is 5.03. The van der Waals surface area contributed by atoms with Crippen LogP contribution in [0.3, 0.4) is 0 Å². The summed E-state index contributed by atoms with van der Waals surface area (Å²) in [6.45, 7) is 3.30. The van der Waals surface area contributed by atoms with Crippen molar-refractivity contribution < 1.29 is 4.74 Å². The lowest BCUT2D eigenvalue weighted by Crippen LogP contribution is -2.10. The second-order valence-corrected chi connectivity index (χ2v) is 6.74. The smallest absolute Gasteiger partial charge is 0.0583 e. The van der Waals surface area contributed by atoms with Gasteiger partial charge in [-0.05, 0) is 26.2 Å². The molecule has 0 aliphatic carbocycles. The van der Waals surface area contributed by atoms with Crippen molar-refractivity contribution in [1.82, 2.24) is 0 Å². The van der Waals surface area contributed by atoms with E-state index in [0.29, 0.717) is 4.08 Å². The summed E-state index contributed by atoms with van der Waals surface area (Å²) in [5, 5.41) is 0. The van der Waals surface area contributed by atoms with Crippen molar-refractivity contribution in [3.05, 3.63) is 0 Å². The molecule has 0 atom stereocenters. The van der Waals surface area contributed by atoms with Crippen LogP contribution < -0.4 is 0 Å². The van der Waals surface area contributed by atoms with Gasteiger partial charge in [0.25, 0.3) is 0 Å². The Morgan fingerprint density at radius 1 is 1.25 bits per heavy atom. The molecule has 1 saturated heterocycles. The van der Waals surface area contributed by atoms with Crippen molar-refractivity contribution in [2.24, 2.45) is 0 Å². The van der Waals surface area contributed by atoms with Gasteiger partial charge in [0, 0.05) is 25.2 Å². The van der Waals surface area contributed by atoms with Gasteiger partial charge in [-0.1, -0.05) is 0 Å². The molecule has 12 heavy (non-hydrogen) atoms. The van der Waals surface area contributed by atoms with E-state index in [1.54, 1.807) is 7.11 Å². The van der Waals surface area contributed by atoms with E-state index in [-0.39, 0.29) is 0 Å². The SMILES string of the molecule is COCCCCC1(C)SCCS1. The molecule has 0 aromatic rings. The van der Waals surface area contributed by atoms with Crippen molar-refractivity contribution in [3.63, 3.8) is 0 Å². The zero-order chi connectivity index (χ0) is 8.86. The first kappa shape index (κ1) is 10.7. The fraction of sp³-hybridized carbons (Fsp3) is 1.00. The largest absolute Gasteiger partial charge is 0.385 e. The van der Waals surface area contributed by atoms with E-state index in [4.69, 9.17) is 4.74 Å². The van der Waals surface area contributed by atoms with Crippen LogP contribution >= 0.6 is 23.5 Å². The fourth-order valence-corrected chi connectivity index (χ4v) is 4.33. The minimum atomic E-state index is 0.522. The third-order valence-corrected chi connectivity index (χ3v) is 5.54. The van der Waals surface area contributed by atoms with Crippen LogP contribution in [-0.4, -0.2) is 29.3 Å². The van der Waals surface area contributed by atoms with Crippen molar-refractivity contribution >= 4 is 23.5 Å². The zero-order valence-electron chi connectivity index (χ0n) is 7.97. The van der Waals surface area contributed by atoms with Crippen molar-refractivity contribution in [2.75, 3.05) is 25.2 Å². The Balaban J connectivity index is 2.05. The second-order valence-electron chi connectivity index (χ2n) is 3.28. The molecule has 1 fully saturated rings. The van der Waals surface area contributed by atoms with Gasteiger partial charge in [-0.25, -0.2) is 0 Å². The van der Waals surface area contributed by atoms with Crippen molar-refractivity contribution in [2.45, 2.75) is 30.3 Å². The molecule has 0 bridgehead atoms. The highest BCUT2D eigenvalue weighted by Crippen LogP contribution is 2.46. The van der Waals surface area contributed by atoms with E-state index in [2.05, 4.69) is 30.4 Å². The number of unbranched alkanes of at least 4 members (excludes halogenated alkanes) is 1. The maximum Gasteiger partial charge on any atom is 0.0583 e. The van der Waals surface area contributed by atoms with Gasteiger partial charge in [-0.15, -0.1) is 23.5 Å². The Morgan fingerprint density at radius 3 is 2.50 bits per heavy atom. The Morgan fingerprint density at radius 2 is 1.92 bits per heavy atom. The predicted octanol–water partition coefficient (Wildman–Crippen LogP) is 3.00. The molecule has 0 aromatic carbocycles. The van der Waals surface area contributed by atoms with E-state index in [1.807, 2.05) is 0 Å². The van der Waals surface area contributed by atoms with Gasteiger partial charge in [-0.3, -0.25) is 0 Å². The van der Waals surface area contributed by atoms with Crippen LogP contribution in [0.25, 0.3) is 0 Å². The van der Waals surface area contributed by atoms with Crippen LogP contribution in [0.4, 0.5) is 0 Å². The van der Waals surface area contributed by atoms with E-state index in [0.717, 1.165) is 6.61 Å². The summed E-state index contributed by atoms with van der Waals surface area (Å²) in [7, 11) is 1.78. The number of methoxy groups -OCH3 is 1. The van der Waals surface area contributed by atoms with Crippen LogP contribution in [0.2, 0.25) is 0 Å². The predicted molar refractivity (Wildman–Crippen MR) is 59.0 cm³/mol. The fourth-order valence-electron chi connectivity index (χ4n) is 1.39. The second kappa shape index (κ2) is 5.40. The standard InChI is InChI=1S/C9H18OS2/c1-9(11-7-8-12-9)5-3-4-6-10-2/h3-8H2,1-2H3. The topological polar surface area (TPSA) is 9.23 Å². The minimum Gasteiger partial charge on any atom is -0.385 e. The molecule has 72 valence electrons. The summed E-state index contributed by atoms with van der Waals surface area (Å²) in [5.41, 5.74) is 0. The Hall–Kier alpha value is 0.660. The number of hydrogen-bond acceptors (Lipinski definition) is 3. The summed E-state index contributed by atoms with van der Waals surface area (Å²) in [6.07, 6.45) is 3.86. The molecule has 1 aliphatic heterocycles. The number of ether oxygens (including phenoxy) is 1. The quantitative estimate of drug-likeness (QED) is 0.640. The van der Waals surface area contributed by atoms with E-state index >= 15 is 0 Å². The van der Waals surface area contributed by atoms with Gasteiger partial charge in [0.05, 0.1) is 4.08 Å². The van der Waals surface area contributed by atoms with E-state index in [9.17, 15) is 0 Å². The first-order valence-corrected chi connectivity index (χ1v) is 6.51. The molecule has 1 heterocycles. The number of thioether (sulfide) groups is 2. The van der Waals surface area contributed by atoms with Gasteiger partial charge in [0.1, 0.15) is 0 Å². The highest BCUT2D eigenvalue weighted by molar-refractivity contribution is 8.21. The summed E-state index contributed by atoms with van der Waals surface area (Å²) >= 11 is 4.25. The maximum atomic E-state index is 5.03. The number of rotatable bonds is 5. The molecule has 1 aliphatic rings. The monoisotopic (exact) mass is 206 g/mol. The highest BCUT2D eigenvalue weighted by atomic mass is 32.2. The summed E-state index contributed by atoms with van der Waals surface area (Å²) in [6, 6.07) is 0. The van der Waals surface area contributed by atoms with Crippen LogP contribution in [-0.2, 0) is 4.74 Å². The molecular weight excluding hydrogens is 188 g/mol. The molecule has 1 nitrogen and oxygen atoms in total. The summed E-state index contributed by atoms with van der Waals surface area (Å²) in [4.78, 5) is 0. The first-order chi connectivity index (χ1) is 5.77. The van der Waals surface area contributed by atoms with E-state index in [1.165, 1.54) is 30.8 Å². The zero-order valence-corrected chi connectivity index (χ0v) is 9.60. The van der Waals surface area contributed by atoms with Gasteiger partial charge in [0.15, 0.2) is 0 Å². The molecule has 0 amide bonds. The molecule has 0 N–H and O–H groups in total. The van der Waals surface area contributed by atoms with Crippen LogP contribution in [0.5, 0.6) is 0 Å². The third kappa shape index (κ3) is 3.58. The van der Waals surface area contributed by atoms with Gasteiger partial charge in [0.2, 0.25) is 0 Å². The van der Waals surface area contributed by atoms with Crippen LogP contribution in [0, 0.1) is 0 Å². The molecule has 0 aromatic heterocycles. The van der Waals surface area contributed by atoms with Crippen molar-refractivity contribution in [1.29, 1.82) is 0 Å². The molecule has 0 radical (unpaired) electrons. The average molecular weight is 206 g/mol. The number of hydrogen-bond donors (Lipinski definition) is 0. The van der Waals surface area contributed by atoms with Crippen LogP contribution in [0.15, 0.2) is 0 Å². The highest BCUT2D eigenvalue weighted by Gasteiger charge is 2.29. The van der Waals surface area contributed by atoms with Crippen LogP contribution in [0.1, 0.15) is 26.2 Å². The third-order valence-electron chi connectivity index (χ3n) is 2.13. The van der Waals surface area contributed by atoms with Gasteiger partial charge >= 0.3 is 0 Å². The van der Waals surface area contributed by atoms with E-state index < -0.39 is 0 Å². The van der Waals surface area contributed by atoms with Gasteiger partial charge in [-0.2, -0.15) is 0 Å². The molecule has 0 spiro atoms. The average Bonchev–Trinajstić information content (AvgIpc) is 2.47. The Bertz CT molecular complexity index is 122. The van der Waals surface area contributed by atoms with Crippen molar-refractivity contribution in [3.8, 4) is 0 Å². The molecule has 1 rings (SSSR count). The summed E-state index contributed by atoms with van der Waals surface area (Å²) < 4.78 is 5.55. The molecule has 0 saturated carbocycles.